The van der Waals surface area contributed by atoms with Crippen LogP contribution in [0.5, 0.6) is 0 Å². The van der Waals surface area contributed by atoms with E-state index in [0.717, 1.165) is 51.1 Å². The number of piperidine rings is 1. The van der Waals surface area contributed by atoms with Crippen LogP contribution in [0, 0.1) is 0 Å². The number of carbonyl (C=O) groups excluding carboxylic acids is 1. The van der Waals surface area contributed by atoms with E-state index in [2.05, 4.69) is 56.7 Å². The highest BCUT2D eigenvalue weighted by Crippen LogP contribution is 2.25. The topological polar surface area (TPSA) is 60.5 Å². The second-order valence-corrected chi connectivity index (χ2v) is 9.68. The summed E-state index contributed by atoms with van der Waals surface area (Å²) in [7, 11) is 2.22. The Bertz CT molecular complexity index is 860. The van der Waals surface area contributed by atoms with Crippen LogP contribution >= 0.6 is 0 Å². The van der Waals surface area contributed by atoms with Gasteiger partial charge in [0.25, 0.3) is 0 Å². The number of hydrogen-bond donors (Lipinski definition) is 2. The first kappa shape index (κ1) is 23.7. The number of nitrogens with one attached hydrogen (secondary N) is 2. The molecule has 33 heavy (non-hydrogen) atoms. The number of amides is 2. The van der Waals surface area contributed by atoms with Crippen molar-refractivity contribution in [1.29, 1.82) is 0 Å². The molecule has 6 nitrogen and oxygen atoms in total. The van der Waals surface area contributed by atoms with Crippen molar-refractivity contribution in [3.05, 3.63) is 59.9 Å². The van der Waals surface area contributed by atoms with Crippen molar-refractivity contribution >= 4 is 11.7 Å². The fourth-order valence-corrected chi connectivity index (χ4v) is 5.18. The fraction of sp³-hybridized carbons (Fsp3) is 0.556. The first-order valence-corrected chi connectivity index (χ1v) is 12.6. The fourth-order valence-electron chi connectivity index (χ4n) is 5.18. The van der Waals surface area contributed by atoms with E-state index >= 15 is 0 Å². The second-order valence-electron chi connectivity index (χ2n) is 9.68. The molecule has 2 N–H and O–H groups in total. The summed E-state index contributed by atoms with van der Waals surface area (Å²) in [5.41, 5.74) is 3.44. The summed E-state index contributed by atoms with van der Waals surface area (Å²) in [4.78, 5) is 21.8. The van der Waals surface area contributed by atoms with Crippen LogP contribution in [0.4, 0.5) is 10.5 Å². The number of pyridine rings is 1. The molecule has 1 aromatic carbocycles. The Kier molecular flexibility index (Phi) is 8.72. The Morgan fingerprint density at radius 2 is 1.76 bits per heavy atom. The molecule has 0 bridgehead atoms. The van der Waals surface area contributed by atoms with Gasteiger partial charge in [-0.25, -0.2) is 4.79 Å². The highest BCUT2D eigenvalue weighted by atomic mass is 16.2. The van der Waals surface area contributed by atoms with Gasteiger partial charge in [-0.05, 0) is 68.5 Å². The molecule has 1 saturated heterocycles. The number of rotatable bonds is 8. The molecule has 2 aromatic rings. The summed E-state index contributed by atoms with van der Waals surface area (Å²) in [6.45, 7) is 3.99. The summed E-state index contributed by atoms with van der Waals surface area (Å²) >= 11 is 0. The Morgan fingerprint density at radius 3 is 2.52 bits per heavy atom. The van der Waals surface area contributed by atoms with Crippen LogP contribution in [0.15, 0.2) is 48.8 Å². The normalized spacial score (nSPS) is 18.4. The van der Waals surface area contributed by atoms with Gasteiger partial charge < -0.3 is 15.5 Å². The molecule has 0 radical (unpaired) electrons. The quantitative estimate of drug-likeness (QED) is 0.615. The number of para-hydroxylation sites is 1. The first-order chi connectivity index (χ1) is 16.2. The van der Waals surface area contributed by atoms with Crippen molar-refractivity contribution < 1.29 is 4.79 Å². The van der Waals surface area contributed by atoms with Gasteiger partial charge in [-0.1, -0.05) is 37.5 Å². The number of benzene rings is 1. The van der Waals surface area contributed by atoms with Crippen molar-refractivity contribution in [3.63, 3.8) is 0 Å². The highest BCUT2D eigenvalue weighted by Gasteiger charge is 2.22. The van der Waals surface area contributed by atoms with Crippen LogP contribution in [0.2, 0.25) is 0 Å². The Labute approximate surface area is 198 Å². The highest BCUT2D eigenvalue weighted by molar-refractivity contribution is 5.90. The number of urea groups is 1. The van der Waals surface area contributed by atoms with E-state index < -0.39 is 0 Å². The Hall–Kier alpha value is -2.44. The van der Waals surface area contributed by atoms with Crippen molar-refractivity contribution in [3.8, 4) is 0 Å². The zero-order chi connectivity index (χ0) is 22.9. The summed E-state index contributed by atoms with van der Waals surface area (Å²) < 4.78 is 0. The standard InChI is InChI=1S/C27H39N5O/c1-31(25-8-3-2-4-9-25)21-23-7-5-6-10-26(23)30-27(33)29-24-14-19-32(20-15-24)18-13-22-11-16-28-17-12-22/h5-7,10-12,16-17,24-25H,2-4,8-9,13-15,18-21H2,1H3,(H2,29,30,33). The second kappa shape index (κ2) is 12.1. The first-order valence-electron chi connectivity index (χ1n) is 12.6. The molecule has 2 fully saturated rings. The van der Waals surface area contributed by atoms with E-state index in [-0.39, 0.29) is 12.1 Å². The monoisotopic (exact) mass is 449 g/mol. The van der Waals surface area contributed by atoms with E-state index in [0.29, 0.717) is 6.04 Å². The number of carbonyl (C=O) groups is 1. The lowest BCUT2D eigenvalue weighted by Gasteiger charge is -2.32. The molecule has 1 aromatic heterocycles. The van der Waals surface area contributed by atoms with Crippen LogP contribution < -0.4 is 10.6 Å². The molecule has 0 spiro atoms. The average molecular weight is 450 g/mol. The zero-order valence-electron chi connectivity index (χ0n) is 20.0. The van der Waals surface area contributed by atoms with Crippen LogP contribution in [0.1, 0.15) is 56.1 Å². The molecule has 1 aliphatic heterocycles. The predicted molar refractivity (Wildman–Crippen MR) is 134 cm³/mol. The molecule has 6 heteroatoms. The summed E-state index contributed by atoms with van der Waals surface area (Å²) in [6.07, 6.45) is 13.4. The van der Waals surface area contributed by atoms with Gasteiger partial charge in [0.05, 0.1) is 0 Å². The molecule has 2 amide bonds. The van der Waals surface area contributed by atoms with Gasteiger partial charge in [0.1, 0.15) is 0 Å². The van der Waals surface area contributed by atoms with Crippen molar-refractivity contribution in [2.45, 2.75) is 70.0 Å². The van der Waals surface area contributed by atoms with Crippen molar-refractivity contribution in [2.75, 3.05) is 32.0 Å². The van der Waals surface area contributed by atoms with Gasteiger partial charge in [-0.3, -0.25) is 9.88 Å². The van der Waals surface area contributed by atoms with E-state index in [9.17, 15) is 4.79 Å². The third kappa shape index (κ3) is 7.27. The van der Waals surface area contributed by atoms with Crippen molar-refractivity contribution in [1.82, 2.24) is 20.1 Å². The molecular weight excluding hydrogens is 410 g/mol. The van der Waals surface area contributed by atoms with E-state index in [1.807, 2.05) is 24.5 Å². The molecule has 2 aliphatic rings. The largest absolute Gasteiger partial charge is 0.335 e. The SMILES string of the molecule is CN(Cc1ccccc1NC(=O)NC1CCN(CCc2ccncc2)CC1)C1CCCCC1. The van der Waals surface area contributed by atoms with Crippen LogP contribution in [0.25, 0.3) is 0 Å². The molecular formula is C27H39N5O. The van der Waals surface area contributed by atoms with Crippen LogP contribution in [-0.4, -0.2) is 59.6 Å². The third-order valence-electron chi connectivity index (χ3n) is 7.27. The summed E-state index contributed by atoms with van der Waals surface area (Å²) in [6, 6.07) is 13.2. The molecule has 0 unspecified atom stereocenters. The number of aromatic nitrogens is 1. The number of hydrogen-bond acceptors (Lipinski definition) is 4. The lowest BCUT2D eigenvalue weighted by molar-refractivity contribution is 0.185. The predicted octanol–water partition coefficient (Wildman–Crippen LogP) is 4.67. The van der Waals surface area contributed by atoms with Gasteiger partial charge >= 0.3 is 6.03 Å². The van der Waals surface area contributed by atoms with Gasteiger partial charge in [-0.2, -0.15) is 0 Å². The van der Waals surface area contributed by atoms with E-state index in [1.165, 1.54) is 43.2 Å². The number of likely N-dealkylation sites (tertiary alicyclic amines) is 1. The van der Waals surface area contributed by atoms with Gasteiger partial charge in [0, 0.05) is 56.3 Å². The van der Waals surface area contributed by atoms with E-state index in [4.69, 9.17) is 0 Å². The minimum atomic E-state index is -0.0852. The van der Waals surface area contributed by atoms with Gasteiger partial charge in [-0.15, -0.1) is 0 Å². The number of nitrogens with zero attached hydrogens (tertiary/aromatic N) is 3. The number of anilines is 1. The van der Waals surface area contributed by atoms with Gasteiger partial charge in [0.15, 0.2) is 0 Å². The maximum atomic E-state index is 12.8. The third-order valence-corrected chi connectivity index (χ3v) is 7.27. The molecule has 1 saturated carbocycles. The van der Waals surface area contributed by atoms with Crippen LogP contribution in [0.3, 0.4) is 0 Å². The zero-order valence-corrected chi connectivity index (χ0v) is 20.0. The Balaban J connectivity index is 1.21. The molecule has 1 aliphatic carbocycles. The minimum absolute atomic E-state index is 0.0852. The molecule has 4 rings (SSSR count). The maximum Gasteiger partial charge on any atom is 0.319 e. The van der Waals surface area contributed by atoms with Crippen LogP contribution in [-0.2, 0) is 13.0 Å². The van der Waals surface area contributed by atoms with Crippen molar-refractivity contribution in [2.24, 2.45) is 0 Å². The average Bonchev–Trinajstić information content (AvgIpc) is 2.86. The lowest BCUT2D eigenvalue weighted by atomic mass is 9.94. The molecule has 0 atom stereocenters. The summed E-state index contributed by atoms with van der Waals surface area (Å²) in [5, 5.41) is 6.33. The van der Waals surface area contributed by atoms with Gasteiger partial charge in [0.2, 0.25) is 0 Å². The molecule has 178 valence electrons. The minimum Gasteiger partial charge on any atom is -0.335 e. The molecule has 2 heterocycles. The smallest absolute Gasteiger partial charge is 0.319 e. The summed E-state index contributed by atoms with van der Waals surface area (Å²) in [5.74, 6) is 0. The Morgan fingerprint density at radius 1 is 1.03 bits per heavy atom. The maximum absolute atomic E-state index is 12.8. The van der Waals surface area contributed by atoms with E-state index in [1.54, 1.807) is 0 Å². The lowest BCUT2D eigenvalue weighted by Crippen LogP contribution is -2.46.